The second kappa shape index (κ2) is 40.1. The topological polar surface area (TPSA) is 560 Å². The molecule has 13 atom stereocenters. The Morgan fingerprint density at radius 2 is 1.03 bits per heavy atom. The van der Waals surface area contributed by atoms with Crippen LogP contribution in [0.15, 0.2) is 97.6 Å². The van der Waals surface area contributed by atoms with Gasteiger partial charge in [-0.05, 0) is 92.7 Å². The zero-order valence-electron chi connectivity index (χ0n) is 59.6. The number of carboxylic acids is 2. The Morgan fingerprint density at radius 3 is 1.57 bits per heavy atom. The van der Waals surface area contributed by atoms with Crippen LogP contribution >= 0.6 is 0 Å². The minimum Gasteiger partial charge on any atom is -0.508 e. The van der Waals surface area contributed by atoms with Crippen LogP contribution in [-0.4, -0.2) is 220 Å². The average molecular weight is 1480 g/mol. The number of phenolic OH excluding ortho intramolecular Hbond substituents is 1. The number of aliphatic carboxylic acids is 2. The molecule has 0 aliphatic carbocycles. The number of amides is 12. The average Bonchev–Trinajstić information content (AvgIpc) is 1.69. The van der Waals surface area contributed by atoms with Gasteiger partial charge < -0.3 is 105 Å². The third-order valence-corrected chi connectivity index (χ3v) is 17.5. The van der Waals surface area contributed by atoms with Crippen molar-refractivity contribution in [2.45, 2.75) is 191 Å². The van der Waals surface area contributed by atoms with Gasteiger partial charge in [0.2, 0.25) is 70.9 Å². The van der Waals surface area contributed by atoms with Crippen molar-refractivity contribution in [3.8, 4) is 5.75 Å². The van der Waals surface area contributed by atoms with E-state index in [-0.39, 0.29) is 62.7 Å². The van der Waals surface area contributed by atoms with E-state index in [9.17, 15) is 83.1 Å². The summed E-state index contributed by atoms with van der Waals surface area (Å²) in [5.41, 5.74) is 13.7. The number of aliphatic hydroxyl groups is 2. The minimum atomic E-state index is -1.87. The summed E-state index contributed by atoms with van der Waals surface area (Å²) < 4.78 is 0. The Morgan fingerprint density at radius 1 is 0.547 bits per heavy atom. The SMILES string of the molecule is CC(C)C[C@H](NC(=O)[C@H](CC(N)=O)NC(=O)[C@H](Cc1c[nH]c2ccccc12)NC(=O)[C@H](Cc1ccc(O)cc1)NC(=O)[C@H](CCC(=O)O)NC(=O)[C@H](C)NC(=O)[C@H](Cc1ccccc1)NC(=O)[C@H](CO)NC(=O)[C@@H](N)[C@@H](C)O)C(=O)N[C@@H](CC(C)C)C(=O)N[C@H](Cc1cnc[nH]1)C(=O)N1CCC[C@H]1C(=O)O. The molecule has 12 amide bonds. The van der Waals surface area contributed by atoms with E-state index in [4.69, 9.17) is 11.5 Å². The van der Waals surface area contributed by atoms with Crippen LogP contribution in [-0.2, 0) is 92.8 Å². The summed E-state index contributed by atoms with van der Waals surface area (Å²) in [6.07, 6.45) is 0.171. The lowest BCUT2D eigenvalue weighted by Gasteiger charge is -2.30. The third-order valence-electron chi connectivity index (χ3n) is 17.5. The summed E-state index contributed by atoms with van der Waals surface area (Å²) >= 11 is 0. The number of imidazole rings is 1. The molecule has 5 aromatic rings. The van der Waals surface area contributed by atoms with Gasteiger partial charge >= 0.3 is 11.9 Å². The zero-order chi connectivity index (χ0) is 78.1. The molecule has 6 rings (SSSR count). The van der Waals surface area contributed by atoms with Gasteiger partial charge in [-0.25, -0.2) is 9.78 Å². The second-order valence-corrected chi connectivity index (χ2v) is 27.0. The Balaban J connectivity index is 1.26. The number of hydrogen-bond acceptors (Lipinski definition) is 19. The molecule has 35 heteroatoms. The molecule has 1 aliphatic rings. The highest BCUT2D eigenvalue weighted by atomic mass is 16.4. The van der Waals surface area contributed by atoms with E-state index >= 15 is 9.59 Å². The molecule has 0 saturated carbocycles. The fraction of sp³-hybridized carbons (Fsp3) is 0.479. The maximum absolute atomic E-state index is 15.1. The number of rotatable bonds is 41. The van der Waals surface area contributed by atoms with Crippen molar-refractivity contribution in [2.24, 2.45) is 23.3 Å². The van der Waals surface area contributed by atoms with Crippen LogP contribution < -0.4 is 64.6 Å². The molecule has 3 heterocycles. The maximum Gasteiger partial charge on any atom is 0.326 e. The molecule has 1 aliphatic heterocycles. The number of nitrogens with zero attached hydrogens (tertiary/aromatic N) is 2. The number of aromatic hydroxyl groups is 1. The molecular weight excluding hydrogens is 1380 g/mol. The van der Waals surface area contributed by atoms with Crippen LogP contribution in [0.4, 0.5) is 0 Å². The van der Waals surface area contributed by atoms with Crippen LogP contribution in [0, 0.1) is 11.8 Å². The smallest absolute Gasteiger partial charge is 0.326 e. The van der Waals surface area contributed by atoms with Gasteiger partial charge in [0.15, 0.2) is 0 Å². The summed E-state index contributed by atoms with van der Waals surface area (Å²) in [4.78, 5) is 205. The lowest BCUT2D eigenvalue weighted by atomic mass is 9.99. The number of benzene rings is 3. The standard InChI is InChI=1S/C71H96N16O19/c1-36(2)25-48(63(97)79-49(26-37(3)4)64(98)85-54(30-43-33-74-35-76-43)70(104)87-24-12-17-56(87)71(105)106)80-67(101)53(31-57(72)91)84-66(100)52(29-42-32-75-46-16-11-10-15-45(42)46)83-65(99)51(28-41-18-20-44(90)21-19-41)81-61(95)47(22-23-58(92)93)78-60(94)38(5)77-62(96)50(27-40-13-8-7-9-14-40)82-68(102)55(34-88)86-69(103)59(73)39(6)89/h7-11,13-16,18-21,32-33,35-39,47-56,59,75,88-90H,12,17,22-31,34,73H2,1-6H3,(H2,72,91)(H,74,76)(H,77,96)(H,78,94)(H,79,97)(H,80,101)(H,81,95)(H,82,102)(H,83,99)(H,84,100)(H,85,98)(H,86,103)(H,92,93)(H,105,106)/t38-,39+,47-,48-,49-,50-,51-,52-,53-,54+,55-,56-,59-/m0/s1. The number of carbonyl (C=O) groups is 14. The van der Waals surface area contributed by atoms with Crippen molar-refractivity contribution in [3.05, 3.63) is 120 Å². The second-order valence-electron chi connectivity index (χ2n) is 27.0. The minimum absolute atomic E-state index is 0.00465. The van der Waals surface area contributed by atoms with Gasteiger partial charge in [-0.15, -0.1) is 0 Å². The zero-order valence-corrected chi connectivity index (χ0v) is 59.6. The third kappa shape index (κ3) is 25.5. The molecule has 0 unspecified atom stereocenters. The molecule has 0 spiro atoms. The van der Waals surface area contributed by atoms with Gasteiger partial charge in [-0.1, -0.05) is 88.4 Å². The van der Waals surface area contributed by atoms with Gasteiger partial charge in [0.05, 0.1) is 25.5 Å². The first-order valence-electron chi connectivity index (χ1n) is 34.7. The van der Waals surface area contributed by atoms with Crippen LogP contribution in [0.5, 0.6) is 5.75 Å². The van der Waals surface area contributed by atoms with Crippen LogP contribution in [0.1, 0.15) is 109 Å². The Hall–Kier alpha value is -11.3. The summed E-state index contributed by atoms with van der Waals surface area (Å²) in [6.45, 7) is 8.56. The molecule has 3 aromatic carbocycles. The predicted octanol–water partition coefficient (Wildman–Crippen LogP) is -2.66. The maximum atomic E-state index is 15.1. The van der Waals surface area contributed by atoms with Gasteiger partial charge in [-0.2, -0.15) is 0 Å². The quantitative estimate of drug-likeness (QED) is 0.0190. The number of aromatic amines is 2. The van der Waals surface area contributed by atoms with E-state index in [0.29, 0.717) is 39.7 Å². The number of aliphatic hydroxyl groups excluding tert-OH is 2. The summed E-state index contributed by atoms with van der Waals surface area (Å²) in [5, 5.41) is 75.6. The molecule has 574 valence electrons. The largest absolute Gasteiger partial charge is 0.508 e. The molecular formula is C71H96N16O19. The normalized spacial score (nSPS) is 16.1. The molecule has 0 bridgehead atoms. The molecule has 35 nitrogen and oxygen atoms in total. The Bertz CT molecular complexity index is 3890. The van der Waals surface area contributed by atoms with Crippen molar-refractivity contribution in [2.75, 3.05) is 13.2 Å². The van der Waals surface area contributed by atoms with E-state index in [1.54, 1.807) is 88.5 Å². The number of phenols is 1. The number of nitrogens with one attached hydrogen (secondary N) is 12. The first-order chi connectivity index (χ1) is 50.2. The predicted molar refractivity (Wildman–Crippen MR) is 380 cm³/mol. The molecule has 0 radical (unpaired) electrons. The van der Waals surface area contributed by atoms with E-state index in [2.05, 4.69) is 68.1 Å². The first kappa shape index (κ1) is 83.6. The monoisotopic (exact) mass is 1480 g/mol. The number of hydrogen-bond donors (Lipinski definition) is 19. The molecule has 1 fully saturated rings. The van der Waals surface area contributed by atoms with Gasteiger partial charge in [0.1, 0.15) is 78.3 Å². The lowest BCUT2D eigenvalue weighted by Crippen LogP contribution is -2.61. The highest BCUT2D eigenvalue weighted by Crippen LogP contribution is 2.23. The van der Waals surface area contributed by atoms with Crippen LogP contribution in [0.3, 0.4) is 0 Å². The van der Waals surface area contributed by atoms with E-state index < -0.39 is 194 Å². The number of aromatic nitrogens is 3. The lowest BCUT2D eigenvalue weighted by molar-refractivity contribution is -0.149. The highest BCUT2D eigenvalue weighted by molar-refractivity contribution is 6.01. The van der Waals surface area contributed by atoms with E-state index in [1.807, 2.05) is 0 Å². The van der Waals surface area contributed by atoms with Crippen molar-refractivity contribution < 1.29 is 92.7 Å². The van der Waals surface area contributed by atoms with Crippen molar-refractivity contribution in [1.29, 1.82) is 0 Å². The molecule has 106 heavy (non-hydrogen) atoms. The highest BCUT2D eigenvalue weighted by Gasteiger charge is 2.41. The number of H-pyrrole nitrogens is 2. The number of carboxylic acid groups (broad SMARTS) is 2. The number of para-hydroxylation sites is 1. The summed E-state index contributed by atoms with van der Waals surface area (Å²) in [6, 6.07) is 1.85. The molecule has 1 saturated heterocycles. The summed E-state index contributed by atoms with van der Waals surface area (Å²) in [7, 11) is 0. The fourth-order valence-electron chi connectivity index (χ4n) is 11.8. The van der Waals surface area contributed by atoms with Gasteiger partial charge in [0.25, 0.3) is 0 Å². The Labute approximate surface area is 610 Å². The van der Waals surface area contributed by atoms with E-state index in [0.717, 1.165) is 0 Å². The molecule has 21 N–H and O–H groups in total. The van der Waals surface area contributed by atoms with Gasteiger partial charge in [-0.3, -0.25) is 62.3 Å². The number of primary amides is 1. The number of nitrogens with two attached hydrogens (primary N) is 2. The van der Waals surface area contributed by atoms with Crippen molar-refractivity contribution >= 4 is 93.7 Å². The van der Waals surface area contributed by atoms with Crippen molar-refractivity contribution in [1.82, 2.24) is 73.0 Å². The number of fused-ring (bicyclic) bond motifs is 1. The van der Waals surface area contributed by atoms with Gasteiger partial charge in [0, 0.05) is 67.6 Å². The number of carbonyl (C=O) groups excluding carboxylic acids is 12. The fourth-order valence-corrected chi connectivity index (χ4v) is 11.8. The molecule has 2 aromatic heterocycles. The van der Waals surface area contributed by atoms with E-state index in [1.165, 1.54) is 55.5 Å². The van der Waals surface area contributed by atoms with Crippen LogP contribution in [0.2, 0.25) is 0 Å². The number of likely N-dealkylation sites (tertiary alicyclic amines) is 1. The first-order valence-corrected chi connectivity index (χ1v) is 34.7. The van der Waals surface area contributed by atoms with Crippen molar-refractivity contribution in [3.63, 3.8) is 0 Å². The van der Waals surface area contributed by atoms with Crippen LogP contribution in [0.25, 0.3) is 10.9 Å². The summed E-state index contributed by atoms with van der Waals surface area (Å²) in [5.74, 6) is -15.5. The Kier molecular flexibility index (Phi) is 31.6.